The Balaban J connectivity index is 1.56. The molecule has 0 saturated heterocycles. The van der Waals surface area contributed by atoms with Crippen LogP contribution < -0.4 is 14.9 Å². The highest BCUT2D eigenvalue weighted by Gasteiger charge is 2.33. The molecule has 0 N–H and O–H groups in total. The second kappa shape index (κ2) is 10.3. The Morgan fingerprint density at radius 2 is 1.92 bits per heavy atom. The molecular weight excluding hydrogens is 516 g/mol. The summed E-state index contributed by atoms with van der Waals surface area (Å²) in [6.07, 6.45) is 1.71. The predicted molar refractivity (Wildman–Crippen MR) is 141 cm³/mol. The molecule has 3 heterocycles. The topological polar surface area (TPSA) is 73.8 Å². The molecule has 0 saturated carbocycles. The van der Waals surface area contributed by atoms with Crippen LogP contribution in [0.4, 0.5) is 0 Å². The summed E-state index contributed by atoms with van der Waals surface area (Å²) in [6, 6.07) is 20.0. The van der Waals surface area contributed by atoms with E-state index in [1.807, 2.05) is 66.7 Å². The van der Waals surface area contributed by atoms with Gasteiger partial charge in [0.25, 0.3) is 5.56 Å². The molecule has 2 aromatic carbocycles. The first-order valence-corrected chi connectivity index (χ1v) is 13.2. The Morgan fingerprint density at radius 3 is 2.64 bits per heavy atom. The lowest BCUT2D eigenvalue weighted by Gasteiger charge is -2.24. The second-order valence-electron chi connectivity index (χ2n) is 7.93. The average Bonchev–Trinajstić information content (AvgIpc) is 3.44. The molecular formula is C27H21ClN2O4S2. The Bertz CT molecular complexity index is 1630. The number of furan rings is 1. The van der Waals surface area contributed by atoms with E-state index in [-0.39, 0.29) is 12.2 Å². The van der Waals surface area contributed by atoms with Gasteiger partial charge in [-0.3, -0.25) is 9.36 Å². The van der Waals surface area contributed by atoms with Crippen molar-refractivity contribution in [2.24, 2.45) is 4.99 Å². The van der Waals surface area contributed by atoms with Crippen LogP contribution in [0.3, 0.4) is 0 Å². The molecule has 4 aromatic rings. The minimum Gasteiger partial charge on any atom is -0.463 e. The number of ether oxygens (including phenoxy) is 1. The van der Waals surface area contributed by atoms with E-state index in [0.29, 0.717) is 36.5 Å². The van der Waals surface area contributed by atoms with Gasteiger partial charge in [0.15, 0.2) is 9.89 Å². The van der Waals surface area contributed by atoms with Crippen molar-refractivity contribution in [3.05, 3.63) is 114 Å². The van der Waals surface area contributed by atoms with Crippen molar-refractivity contribution < 1.29 is 13.9 Å². The molecule has 1 aliphatic rings. The molecule has 0 bridgehead atoms. The van der Waals surface area contributed by atoms with Gasteiger partial charge < -0.3 is 9.15 Å². The molecule has 0 amide bonds. The summed E-state index contributed by atoms with van der Waals surface area (Å²) < 4.78 is 13.3. The van der Waals surface area contributed by atoms with E-state index >= 15 is 0 Å². The van der Waals surface area contributed by atoms with Crippen molar-refractivity contribution in [3.63, 3.8) is 0 Å². The lowest BCUT2D eigenvalue weighted by atomic mass is 9.96. The van der Waals surface area contributed by atoms with Crippen LogP contribution in [0.25, 0.3) is 6.08 Å². The molecule has 36 heavy (non-hydrogen) atoms. The summed E-state index contributed by atoms with van der Waals surface area (Å²) in [7, 11) is 0. The van der Waals surface area contributed by atoms with E-state index in [1.54, 1.807) is 24.5 Å². The number of carbonyl (C=O) groups is 1. The fourth-order valence-corrected chi connectivity index (χ4v) is 5.89. The number of benzene rings is 2. The zero-order valence-corrected chi connectivity index (χ0v) is 21.8. The van der Waals surface area contributed by atoms with Gasteiger partial charge in [0.1, 0.15) is 5.76 Å². The number of carbonyl (C=O) groups excluding carboxylic acids is 1. The summed E-state index contributed by atoms with van der Waals surface area (Å²) >= 11 is 8.69. The molecule has 2 aromatic heterocycles. The molecule has 9 heteroatoms. The quantitative estimate of drug-likeness (QED) is 0.317. The fraction of sp³-hybridized carbons (Fsp3) is 0.148. The van der Waals surface area contributed by atoms with Crippen LogP contribution in [0.1, 0.15) is 31.2 Å². The minimum atomic E-state index is -0.628. The van der Waals surface area contributed by atoms with Crippen LogP contribution in [0.5, 0.6) is 0 Å². The number of allylic oxidation sites excluding steroid dienone is 1. The zero-order valence-electron chi connectivity index (χ0n) is 19.4. The van der Waals surface area contributed by atoms with Crippen molar-refractivity contribution in [2.75, 3.05) is 6.61 Å². The Morgan fingerprint density at radius 1 is 1.17 bits per heavy atom. The summed E-state index contributed by atoms with van der Waals surface area (Å²) in [5.41, 5.74) is 1.46. The standard InChI is InChI=1S/C27H21ClN2O4S2/c1-3-33-26(32)23-16(2)29-27-30(24(23)17-7-5-4-6-8-17)25(31)21(36-27)15-19-11-14-22(34-19)35-20-12-9-18(28)10-13-20/h4-15,24H,3H2,1-2H3/b21-15-. The van der Waals surface area contributed by atoms with Gasteiger partial charge in [-0.15, -0.1) is 0 Å². The maximum Gasteiger partial charge on any atom is 0.338 e. The van der Waals surface area contributed by atoms with E-state index in [4.69, 9.17) is 20.8 Å². The van der Waals surface area contributed by atoms with E-state index < -0.39 is 12.0 Å². The average molecular weight is 537 g/mol. The molecule has 6 nitrogen and oxygen atoms in total. The molecule has 5 rings (SSSR count). The van der Waals surface area contributed by atoms with Gasteiger partial charge in [0.05, 0.1) is 28.5 Å². The summed E-state index contributed by atoms with van der Waals surface area (Å²) in [6.45, 7) is 3.76. The van der Waals surface area contributed by atoms with Crippen molar-refractivity contribution in [2.45, 2.75) is 29.9 Å². The summed E-state index contributed by atoms with van der Waals surface area (Å²) in [5.74, 6) is 0.0751. The maximum absolute atomic E-state index is 13.6. The number of hydrogen-bond acceptors (Lipinski definition) is 7. The molecule has 0 radical (unpaired) electrons. The van der Waals surface area contributed by atoms with Gasteiger partial charge in [-0.25, -0.2) is 9.79 Å². The van der Waals surface area contributed by atoms with Crippen LogP contribution in [0, 0.1) is 0 Å². The highest BCUT2D eigenvalue weighted by Crippen LogP contribution is 2.31. The minimum absolute atomic E-state index is 0.233. The first-order chi connectivity index (χ1) is 17.4. The Hall–Kier alpha value is -3.33. The molecule has 0 fully saturated rings. The first-order valence-electron chi connectivity index (χ1n) is 11.2. The predicted octanol–water partition coefficient (Wildman–Crippen LogP) is 5.20. The van der Waals surface area contributed by atoms with Gasteiger partial charge in [-0.2, -0.15) is 0 Å². The zero-order chi connectivity index (χ0) is 25.2. The van der Waals surface area contributed by atoms with Gasteiger partial charge in [0.2, 0.25) is 0 Å². The molecule has 0 spiro atoms. The van der Waals surface area contributed by atoms with Gasteiger partial charge in [-0.1, -0.05) is 65.0 Å². The SMILES string of the molecule is CCOC(=O)C1=C(C)N=c2s/c(=C\c3ccc(Sc4ccc(Cl)cc4)o3)c(=O)n2C1c1ccccc1. The lowest BCUT2D eigenvalue weighted by molar-refractivity contribution is -0.139. The monoisotopic (exact) mass is 536 g/mol. The van der Waals surface area contributed by atoms with Crippen molar-refractivity contribution in [1.82, 2.24) is 4.57 Å². The summed E-state index contributed by atoms with van der Waals surface area (Å²) in [4.78, 5) is 32.6. The lowest BCUT2D eigenvalue weighted by Crippen LogP contribution is -2.39. The van der Waals surface area contributed by atoms with Crippen LogP contribution in [0.2, 0.25) is 5.02 Å². The van der Waals surface area contributed by atoms with E-state index in [0.717, 1.165) is 10.5 Å². The smallest absolute Gasteiger partial charge is 0.338 e. The maximum atomic E-state index is 13.6. The van der Waals surface area contributed by atoms with E-state index in [9.17, 15) is 9.59 Å². The molecule has 1 aliphatic heterocycles. The van der Waals surface area contributed by atoms with Crippen LogP contribution >= 0.6 is 34.7 Å². The van der Waals surface area contributed by atoms with Gasteiger partial charge in [0, 0.05) is 16.0 Å². The van der Waals surface area contributed by atoms with E-state index in [2.05, 4.69) is 4.99 Å². The number of aromatic nitrogens is 1. The highest BCUT2D eigenvalue weighted by molar-refractivity contribution is 7.99. The number of hydrogen-bond donors (Lipinski definition) is 0. The number of fused-ring (bicyclic) bond motifs is 1. The normalized spacial score (nSPS) is 15.5. The Kier molecular flexibility index (Phi) is 7.00. The van der Waals surface area contributed by atoms with Gasteiger partial charge in [-0.05, 0) is 55.8 Å². The van der Waals surface area contributed by atoms with Crippen LogP contribution in [-0.4, -0.2) is 17.1 Å². The number of thiazole rings is 1. The largest absolute Gasteiger partial charge is 0.463 e. The molecule has 0 aliphatic carbocycles. The second-order valence-corrected chi connectivity index (χ2v) is 10.4. The van der Waals surface area contributed by atoms with E-state index in [1.165, 1.54) is 23.1 Å². The molecule has 1 unspecified atom stereocenters. The van der Waals surface area contributed by atoms with Crippen molar-refractivity contribution in [1.29, 1.82) is 0 Å². The third-order valence-electron chi connectivity index (χ3n) is 5.54. The molecule has 1 atom stereocenters. The molecule has 182 valence electrons. The third-order valence-corrected chi connectivity index (χ3v) is 7.70. The number of rotatable bonds is 6. The van der Waals surface area contributed by atoms with Crippen LogP contribution in [0.15, 0.2) is 102 Å². The Labute approximate surface area is 220 Å². The number of nitrogens with zero attached hydrogens (tertiary/aromatic N) is 2. The first kappa shape index (κ1) is 24.4. The summed E-state index contributed by atoms with van der Waals surface area (Å²) in [5, 5.41) is 1.36. The van der Waals surface area contributed by atoms with Gasteiger partial charge >= 0.3 is 5.97 Å². The highest BCUT2D eigenvalue weighted by atomic mass is 35.5. The van der Waals surface area contributed by atoms with Crippen molar-refractivity contribution in [3.8, 4) is 0 Å². The third kappa shape index (κ3) is 4.84. The fourth-order valence-electron chi connectivity index (χ4n) is 3.96. The van der Waals surface area contributed by atoms with Crippen LogP contribution in [-0.2, 0) is 9.53 Å². The van der Waals surface area contributed by atoms with Crippen molar-refractivity contribution >= 4 is 46.7 Å². The number of halogens is 1. The number of esters is 1.